The summed E-state index contributed by atoms with van der Waals surface area (Å²) in [5.74, 6) is 2.30. The molecule has 0 saturated heterocycles. The first kappa shape index (κ1) is 12.2. The van der Waals surface area contributed by atoms with E-state index in [-0.39, 0.29) is 0 Å². The average molecular weight is 245 g/mol. The second kappa shape index (κ2) is 5.86. The Morgan fingerprint density at radius 2 is 1.83 bits per heavy atom. The van der Waals surface area contributed by atoms with Crippen molar-refractivity contribution in [2.75, 3.05) is 12.3 Å². The van der Waals surface area contributed by atoms with Crippen LogP contribution >= 0.6 is 0 Å². The quantitative estimate of drug-likeness (QED) is 0.876. The third-order valence-corrected chi connectivity index (χ3v) is 2.18. The molecule has 5 nitrogen and oxygen atoms in total. The SMILES string of the molecule is CCCOc1ccc(Oc2cc(N)ncn2)cc1. The molecule has 0 aliphatic rings. The van der Waals surface area contributed by atoms with Gasteiger partial charge in [-0.3, -0.25) is 0 Å². The van der Waals surface area contributed by atoms with Crippen LogP contribution in [0, 0.1) is 0 Å². The van der Waals surface area contributed by atoms with E-state index in [1.54, 1.807) is 6.07 Å². The standard InChI is InChI=1S/C13H15N3O2/c1-2-7-17-10-3-5-11(6-4-10)18-13-8-12(14)15-9-16-13/h3-6,8-9H,2,7H2,1H3,(H2,14,15,16). The van der Waals surface area contributed by atoms with Gasteiger partial charge in [0.2, 0.25) is 5.88 Å². The topological polar surface area (TPSA) is 70.3 Å². The molecule has 0 saturated carbocycles. The maximum Gasteiger partial charge on any atom is 0.224 e. The maximum atomic E-state index is 5.54. The van der Waals surface area contributed by atoms with E-state index in [4.69, 9.17) is 15.2 Å². The Labute approximate surface area is 106 Å². The molecule has 18 heavy (non-hydrogen) atoms. The van der Waals surface area contributed by atoms with Crippen LogP contribution in [-0.2, 0) is 0 Å². The van der Waals surface area contributed by atoms with Gasteiger partial charge in [0.25, 0.3) is 0 Å². The van der Waals surface area contributed by atoms with Crippen LogP contribution in [0.15, 0.2) is 36.7 Å². The number of hydrogen-bond acceptors (Lipinski definition) is 5. The minimum Gasteiger partial charge on any atom is -0.494 e. The molecule has 0 aliphatic carbocycles. The highest BCUT2D eigenvalue weighted by molar-refractivity contribution is 5.36. The van der Waals surface area contributed by atoms with Crippen LogP contribution in [0.2, 0.25) is 0 Å². The van der Waals surface area contributed by atoms with Gasteiger partial charge < -0.3 is 15.2 Å². The number of benzene rings is 1. The van der Waals surface area contributed by atoms with Gasteiger partial charge in [-0.2, -0.15) is 0 Å². The summed E-state index contributed by atoms with van der Waals surface area (Å²) < 4.78 is 11.0. The van der Waals surface area contributed by atoms with Gasteiger partial charge in [0.15, 0.2) is 0 Å². The van der Waals surface area contributed by atoms with Gasteiger partial charge in [0, 0.05) is 6.07 Å². The lowest BCUT2D eigenvalue weighted by Crippen LogP contribution is -1.95. The van der Waals surface area contributed by atoms with Crippen molar-refractivity contribution in [1.29, 1.82) is 0 Å². The van der Waals surface area contributed by atoms with E-state index < -0.39 is 0 Å². The number of nitrogens with two attached hydrogens (primary N) is 1. The van der Waals surface area contributed by atoms with Gasteiger partial charge in [-0.05, 0) is 30.7 Å². The van der Waals surface area contributed by atoms with Crippen molar-refractivity contribution in [2.45, 2.75) is 13.3 Å². The van der Waals surface area contributed by atoms with E-state index in [1.807, 2.05) is 24.3 Å². The predicted molar refractivity (Wildman–Crippen MR) is 68.7 cm³/mol. The van der Waals surface area contributed by atoms with Gasteiger partial charge in [-0.1, -0.05) is 6.92 Å². The Kier molecular flexibility index (Phi) is 3.96. The van der Waals surface area contributed by atoms with E-state index >= 15 is 0 Å². The van der Waals surface area contributed by atoms with Crippen LogP contribution in [0.4, 0.5) is 5.82 Å². The lowest BCUT2D eigenvalue weighted by atomic mass is 10.3. The highest BCUT2D eigenvalue weighted by Gasteiger charge is 2.00. The number of hydrogen-bond donors (Lipinski definition) is 1. The molecule has 1 aromatic heterocycles. The molecule has 2 N–H and O–H groups in total. The molecule has 0 amide bonds. The van der Waals surface area contributed by atoms with Crippen molar-refractivity contribution in [3.8, 4) is 17.4 Å². The van der Waals surface area contributed by atoms with E-state index in [0.29, 0.717) is 24.1 Å². The van der Waals surface area contributed by atoms with Crippen molar-refractivity contribution in [3.05, 3.63) is 36.7 Å². The van der Waals surface area contributed by atoms with Crippen LogP contribution in [0.25, 0.3) is 0 Å². The Balaban J connectivity index is 2.02. The molecular weight excluding hydrogens is 230 g/mol. The Morgan fingerprint density at radius 3 is 2.50 bits per heavy atom. The van der Waals surface area contributed by atoms with E-state index in [2.05, 4.69) is 16.9 Å². The third-order valence-electron chi connectivity index (χ3n) is 2.18. The minimum atomic E-state index is 0.378. The minimum absolute atomic E-state index is 0.378. The summed E-state index contributed by atoms with van der Waals surface area (Å²) in [6.07, 6.45) is 2.35. The predicted octanol–water partition coefficient (Wildman–Crippen LogP) is 2.64. The van der Waals surface area contributed by atoms with Crippen LogP contribution in [0.5, 0.6) is 17.4 Å². The number of anilines is 1. The highest BCUT2D eigenvalue weighted by Crippen LogP contribution is 2.22. The molecule has 1 aromatic carbocycles. The van der Waals surface area contributed by atoms with Crippen LogP contribution in [0.3, 0.4) is 0 Å². The fourth-order valence-corrected chi connectivity index (χ4v) is 1.35. The molecule has 0 fully saturated rings. The van der Waals surface area contributed by atoms with Crippen LogP contribution in [-0.4, -0.2) is 16.6 Å². The van der Waals surface area contributed by atoms with Gasteiger partial charge in [-0.15, -0.1) is 0 Å². The fraction of sp³-hybridized carbons (Fsp3) is 0.231. The Morgan fingerprint density at radius 1 is 1.11 bits per heavy atom. The van der Waals surface area contributed by atoms with Crippen LogP contribution < -0.4 is 15.2 Å². The third kappa shape index (κ3) is 3.35. The maximum absolute atomic E-state index is 5.54. The molecule has 0 atom stereocenters. The zero-order valence-electron chi connectivity index (χ0n) is 10.2. The Bertz CT molecular complexity index is 500. The largest absolute Gasteiger partial charge is 0.494 e. The molecule has 0 bridgehead atoms. The van der Waals surface area contributed by atoms with E-state index in [0.717, 1.165) is 12.2 Å². The van der Waals surface area contributed by atoms with Gasteiger partial charge in [-0.25, -0.2) is 9.97 Å². The first-order valence-corrected chi connectivity index (χ1v) is 5.76. The molecule has 5 heteroatoms. The fourth-order valence-electron chi connectivity index (χ4n) is 1.35. The number of aromatic nitrogens is 2. The molecular formula is C13H15N3O2. The summed E-state index contributed by atoms with van der Waals surface area (Å²) >= 11 is 0. The van der Waals surface area contributed by atoms with Crippen molar-refractivity contribution in [3.63, 3.8) is 0 Å². The van der Waals surface area contributed by atoms with E-state index in [1.165, 1.54) is 6.33 Å². The first-order chi connectivity index (χ1) is 8.78. The summed E-state index contributed by atoms with van der Waals surface area (Å²) in [4.78, 5) is 7.76. The molecule has 0 spiro atoms. The normalized spacial score (nSPS) is 10.1. The number of ether oxygens (including phenoxy) is 2. The zero-order chi connectivity index (χ0) is 12.8. The molecule has 0 unspecified atom stereocenters. The van der Waals surface area contributed by atoms with Crippen molar-refractivity contribution >= 4 is 5.82 Å². The lowest BCUT2D eigenvalue weighted by Gasteiger charge is -2.07. The monoisotopic (exact) mass is 245 g/mol. The number of nitrogens with zero attached hydrogens (tertiary/aromatic N) is 2. The average Bonchev–Trinajstić information content (AvgIpc) is 2.38. The summed E-state index contributed by atoms with van der Waals surface area (Å²) in [5.41, 5.74) is 5.54. The zero-order valence-corrected chi connectivity index (χ0v) is 10.2. The summed E-state index contributed by atoms with van der Waals surface area (Å²) in [6, 6.07) is 8.93. The number of rotatable bonds is 5. The van der Waals surface area contributed by atoms with Gasteiger partial charge in [0.1, 0.15) is 23.6 Å². The van der Waals surface area contributed by atoms with Gasteiger partial charge in [0.05, 0.1) is 6.61 Å². The van der Waals surface area contributed by atoms with Gasteiger partial charge >= 0.3 is 0 Å². The molecule has 0 aliphatic heterocycles. The van der Waals surface area contributed by atoms with Crippen molar-refractivity contribution < 1.29 is 9.47 Å². The Hall–Kier alpha value is -2.30. The van der Waals surface area contributed by atoms with E-state index in [9.17, 15) is 0 Å². The van der Waals surface area contributed by atoms with Crippen molar-refractivity contribution in [1.82, 2.24) is 9.97 Å². The summed E-state index contributed by atoms with van der Waals surface area (Å²) in [5, 5.41) is 0. The summed E-state index contributed by atoms with van der Waals surface area (Å²) in [7, 11) is 0. The highest BCUT2D eigenvalue weighted by atomic mass is 16.5. The molecule has 0 radical (unpaired) electrons. The number of nitrogen functional groups attached to an aromatic ring is 1. The first-order valence-electron chi connectivity index (χ1n) is 5.76. The lowest BCUT2D eigenvalue weighted by molar-refractivity contribution is 0.317. The van der Waals surface area contributed by atoms with Crippen molar-refractivity contribution in [2.24, 2.45) is 0 Å². The molecule has 1 heterocycles. The summed E-state index contributed by atoms with van der Waals surface area (Å²) in [6.45, 7) is 2.78. The molecule has 94 valence electrons. The second-order valence-electron chi connectivity index (χ2n) is 3.70. The molecule has 2 aromatic rings. The van der Waals surface area contributed by atoms with Crippen LogP contribution in [0.1, 0.15) is 13.3 Å². The smallest absolute Gasteiger partial charge is 0.224 e. The second-order valence-corrected chi connectivity index (χ2v) is 3.70. The molecule has 2 rings (SSSR count).